The Morgan fingerprint density at radius 2 is 2.03 bits per heavy atom. The molecule has 4 rings (SSSR count). The van der Waals surface area contributed by atoms with Gasteiger partial charge < -0.3 is 9.84 Å². The summed E-state index contributed by atoms with van der Waals surface area (Å²) in [6.07, 6.45) is 1.54. The number of nitrogens with zero attached hydrogens (tertiary/aromatic N) is 4. The number of benzene rings is 2. The van der Waals surface area contributed by atoms with Gasteiger partial charge in [-0.15, -0.1) is 10.2 Å². The van der Waals surface area contributed by atoms with Gasteiger partial charge in [0.15, 0.2) is 5.69 Å². The van der Waals surface area contributed by atoms with Crippen molar-refractivity contribution in [1.82, 2.24) is 4.57 Å². The maximum atomic E-state index is 13.0. The fourth-order valence-corrected chi connectivity index (χ4v) is 3.62. The van der Waals surface area contributed by atoms with Crippen LogP contribution in [0.4, 0.5) is 11.4 Å². The van der Waals surface area contributed by atoms with Crippen LogP contribution in [0.25, 0.3) is 10.8 Å². The zero-order valence-electron chi connectivity index (χ0n) is 16.0. The summed E-state index contributed by atoms with van der Waals surface area (Å²) in [5, 5.41) is 30.4. The van der Waals surface area contributed by atoms with Crippen LogP contribution in [0.1, 0.15) is 24.0 Å². The van der Waals surface area contributed by atoms with Crippen molar-refractivity contribution in [2.45, 2.75) is 32.4 Å². The predicted octanol–water partition coefficient (Wildman–Crippen LogP) is 4.48. The molecule has 1 aliphatic heterocycles. The van der Waals surface area contributed by atoms with Gasteiger partial charge in [0.05, 0.1) is 18.3 Å². The van der Waals surface area contributed by atoms with E-state index in [-0.39, 0.29) is 29.8 Å². The summed E-state index contributed by atoms with van der Waals surface area (Å²) in [6, 6.07) is 15.4. The normalized spacial score (nSPS) is 16.5. The molecule has 7 nitrogen and oxygen atoms in total. The monoisotopic (exact) mass is 388 g/mol. The molecule has 29 heavy (non-hydrogen) atoms. The van der Waals surface area contributed by atoms with Gasteiger partial charge in [0.2, 0.25) is 5.88 Å². The largest absolute Gasteiger partial charge is 0.493 e. The van der Waals surface area contributed by atoms with Gasteiger partial charge in [-0.25, -0.2) is 0 Å². The number of aromatic hydroxyl groups is 1. The van der Waals surface area contributed by atoms with Crippen LogP contribution in [0.15, 0.2) is 57.5 Å². The molecule has 7 heteroatoms. The van der Waals surface area contributed by atoms with Gasteiger partial charge in [-0.3, -0.25) is 9.36 Å². The van der Waals surface area contributed by atoms with Crippen molar-refractivity contribution in [3.63, 3.8) is 0 Å². The van der Waals surface area contributed by atoms with Gasteiger partial charge in [-0.2, -0.15) is 5.26 Å². The minimum Gasteiger partial charge on any atom is -0.493 e. The van der Waals surface area contributed by atoms with Gasteiger partial charge in [0.25, 0.3) is 5.56 Å². The summed E-state index contributed by atoms with van der Waals surface area (Å²) in [5.41, 5.74) is 0.514. The van der Waals surface area contributed by atoms with E-state index < -0.39 is 5.56 Å². The molecule has 0 amide bonds. The molecule has 0 bridgehead atoms. The summed E-state index contributed by atoms with van der Waals surface area (Å²) in [4.78, 5) is 13.0. The van der Waals surface area contributed by atoms with E-state index in [2.05, 4.69) is 10.2 Å². The Bertz CT molecular complexity index is 1200. The molecule has 1 atom stereocenters. The number of pyridine rings is 1. The fraction of sp³-hybridized carbons (Fsp3) is 0.273. The van der Waals surface area contributed by atoms with Crippen molar-refractivity contribution >= 4 is 22.1 Å². The van der Waals surface area contributed by atoms with Crippen LogP contribution < -0.4 is 5.56 Å². The van der Waals surface area contributed by atoms with Crippen molar-refractivity contribution in [2.24, 2.45) is 10.2 Å². The number of azo groups is 1. The molecule has 1 saturated heterocycles. The van der Waals surface area contributed by atoms with Crippen LogP contribution in [0, 0.1) is 18.3 Å². The van der Waals surface area contributed by atoms with Crippen molar-refractivity contribution < 1.29 is 9.84 Å². The number of ether oxygens (including phenoxy) is 1. The zero-order valence-corrected chi connectivity index (χ0v) is 16.0. The first-order valence-corrected chi connectivity index (χ1v) is 9.47. The molecule has 2 heterocycles. The molecule has 3 aromatic rings. The van der Waals surface area contributed by atoms with Crippen molar-refractivity contribution in [3.05, 3.63) is 63.9 Å². The molecular weight excluding hydrogens is 368 g/mol. The molecule has 0 radical (unpaired) electrons. The molecule has 0 saturated carbocycles. The first kappa shape index (κ1) is 18.8. The Hall–Kier alpha value is -3.50. The number of aromatic nitrogens is 1. The SMILES string of the molecule is Cc1c(C#N)c(O)n(CC2CCCO2)c(=O)c1N=Nc1cccc2ccccc12. The fourth-order valence-electron chi connectivity index (χ4n) is 3.62. The van der Waals surface area contributed by atoms with Crippen LogP contribution in [0.3, 0.4) is 0 Å². The van der Waals surface area contributed by atoms with Crippen LogP contribution in [0.5, 0.6) is 5.88 Å². The smallest absolute Gasteiger partial charge is 0.281 e. The number of nitriles is 1. The Labute approximate surface area is 167 Å². The highest BCUT2D eigenvalue weighted by Gasteiger charge is 2.23. The molecule has 2 aromatic carbocycles. The van der Waals surface area contributed by atoms with Gasteiger partial charge >= 0.3 is 0 Å². The van der Waals surface area contributed by atoms with Crippen LogP contribution in [-0.2, 0) is 11.3 Å². The summed E-state index contributed by atoms with van der Waals surface area (Å²) >= 11 is 0. The minimum absolute atomic E-state index is 0.0227. The second kappa shape index (κ2) is 7.86. The van der Waals surface area contributed by atoms with Gasteiger partial charge in [0, 0.05) is 17.6 Å². The van der Waals surface area contributed by atoms with E-state index in [0.717, 1.165) is 23.6 Å². The molecule has 1 aromatic heterocycles. The molecule has 146 valence electrons. The highest BCUT2D eigenvalue weighted by molar-refractivity contribution is 5.92. The quantitative estimate of drug-likeness (QED) is 0.666. The lowest BCUT2D eigenvalue weighted by Crippen LogP contribution is -2.27. The van der Waals surface area contributed by atoms with Crippen LogP contribution in [-0.4, -0.2) is 22.4 Å². The number of rotatable bonds is 4. The lowest BCUT2D eigenvalue weighted by Gasteiger charge is -2.16. The summed E-state index contributed by atoms with van der Waals surface area (Å²) < 4.78 is 6.75. The first-order valence-electron chi connectivity index (χ1n) is 9.47. The molecular formula is C22H20N4O3. The Kier molecular flexibility index (Phi) is 5.10. The van der Waals surface area contributed by atoms with E-state index in [9.17, 15) is 15.2 Å². The highest BCUT2D eigenvalue weighted by atomic mass is 16.5. The van der Waals surface area contributed by atoms with Gasteiger partial charge in [-0.05, 0) is 31.2 Å². The van der Waals surface area contributed by atoms with Crippen LogP contribution in [0.2, 0.25) is 0 Å². The Morgan fingerprint density at radius 1 is 1.24 bits per heavy atom. The van der Waals surface area contributed by atoms with E-state index in [1.165, 1.54) is 4.57 Å². The van der Waals surface area contributed by atoms with Crippen molar-refractivity contribution in [1.29, 1.82) is 5.26 Å². The summed E-state index contributed by atoms with van der Waals surface area (Å²) in [5.74, 6) is -0.352. The standard InChI is InChI=1S/C22H20N4O3/c1-14-18(12-23)21(27)26(13-16-8-5-11-29-16)22(28)20(14)25-24-19-10-4-7-15-6-2-3-9-17(15)19/h2-4,6-7,9-10,16,27H,5,8,11,13H2,1H3. The van der Waals surface area contributed by atoms with Gasteiger partial charge in [-0.1, -0.05) is 36.4 Å². The predicted molar refractivity (Wildman–Crippen MR) is 109 cm³/mol. The lowest BCUT2D eigenvalue weighted by atomic mass is 10.1. The molecule has 0 aliphatic carbocycles. The van der Waals surface area contributed by atoms with E-state index in [0.29, 0.717) is 17.9 Å². The third kappa shape index (κ3) is 3.50. The topological polar surface area (TPSA) is 100.0 Å². The number of hydrogen-bond acceptors (Lipinski definition) is 6. The maximum Gasteiger partial charge on any atom is 0.281 e. The molecule has 1 aliphatic rings. The van der Waals surface area contributed by atoms with Gasteiger partial charge in [0.1, 0.15) is 11.6 Å². The highest BCUT2D eigenvalue weighted by Crippen LogP contribution is 2.30. The molecule has 1 unspecified atom stereocenters. The first-order chi connectivity index (χ1) is 14.1. The molecule has 1 fully saturated rings. The summed E-state index contributed by atoms with van der Waals surface area (Å²) in [6.45, 7) is 2.40. The second-order valence-electron chi connectivity index (χ2n) is 7.03. The van der Waals surface area contributed by atoms with E-state index >= 15 is 0 Å². The number of fused-ring (bicyclic) bond motifs is 1. The third-order valence-electron chi connectivity index (χ3n) is 5.20. The number of hydrogen-bond donors (Lipinski definition) is 1. The lowest BCUT2D eigenvalue weighted by molar-refractivity contribution is 0.0939. The maximum absolute atomic E-state index is 13.0. The summed E-state index contributed by atoms with van der Waals surface area (Å²) in [7, 11) is 0. The second-order valence-corrected chi connectivity index (χ2v) is 7.03. The zero-order chi connectivity index (χ0) is 20.4. The third-order valence-corrected chi connectivity index (χ3v) is 5.20. The average molecular weight is 388 g/mol. The van der Waals surface area contributed by atoms with Crippen molar-refractivity contribution in [3.8, 4) is 11.9 Å². The molecule has 1 N–H and O–H groups in total. The van der Waals surface area contributed by atoms with Crippen molar-refractivity contribution in [2.75, 3.05) is 6.61 Å². The Morgan fingerprint density at radius 3 is 2.79 bits per heavy atom. The minimum atomic E-state index is -0.488. The Balaban J connectivity index is 1.81. The van der Waals surface area contributed by atoms with E-state index in [4.69, 9.17) is 4.74 Å². The molecule has 0 spiro atoms. The average Bonchev–Trinajstić information content (AvgIpc) is 3.25. The van der Waals surface area contributed by atoms with E-state index in [1.54, 1.807) is 6.92 Å². The van der Waals surface area contributed by atoms with Crippen LogP contribution >= 0.6 is 0 Å². The van der Waals surface area contributed by atoms with E-state index in [1.807, 2.05) is 48.5 Å².